The van der Waals surface area contributed by atoms with Gasteiger partial charge in [-0.3, -0.25) is 25.0 Å². The van der Waals surface area contributed by atoms with Crippen LogP contribution in [0.2, 0.25) is 0 Å². The van der Waals surface area contributed by atoms with E-state index in [2.05, 4.69) is 0 Å². The van der Waals surface area contributed by atoms with Gasteiger partial charge in [-0.25, -0.2) is 0 Å². The van der Waals surface area contributed by atoms with Crippen LogP contribution in [-0.2, 0) is 10.3 Å². The van der Waals surface area contributed by atoms with E-state index in [-0.39, 0.29) is 36.0 Å². The summed E-state index contributed by atoms with van der Waals surface area (Å²) >= 11 is 0. The number of rotatable bonds is 14. The lowest BCUT2D eigenvalue weighted by atomic mass is 9.80. The standard InChI is InChI=1S/C47H41N3O9/c1-57-43-24-19-38(20-25-43)47(37-6-4-3-5-7-37,39-21-26-44(58-2)27-22-39)59-31-41-28-42(51)30-48(41)46(52)36-16-14-34(15-17-36)33-11-8-32(9-12-33)10-13-35-18-23-40(49(53)54)29-45(35)50(55)56/h3-27,29,41-42,51H,28,30-31H2,1-2H3/b13-10+/t41-,42+/m0/s1. The van der Waals surface area contributed by atoms with Crippen molar-refractivity contribution in [3.05, 3.63) is 199 Å². The van der Waals surface area contributed by atoms with Crippen molar-refractivity contribution in [1.29, 1.82) is 0 Å². The number of amides is 1. The average Bonchev–Trinajstić information content (AvgIpc) is 3.66. The van der Waals surface area contributed by atoms with E-state index < -0.39 is 27.6 Å². The lowest BCUT2D eigenvalue weighted by molar-refractivity contribution is -0.394. The third-order valence-electron chi connectivity index (χ3n) is 10.6. The number of carbonyl (C=O) groups is 1. The second-order valence-electron chi connectivity index (χ2n) is 14.1. The molecule has 0 radical (unpaired) electrons. The molecule has 1 fully saturated rings. The Kier molecular flexibility index (Phi) is 11.9. The summed E-state index contributed by atoms with van der Waals surface area (Å²) in [5.41, 5.74) is 4.06. The Bertz CT molecular complexity index is 2410. The Hall–Kier alpha value is -7.15. The van der Waals surface area contributed by atoms with E-state index in [4.69, 9.17) is 14.2 Å². The van der Waals surface area contributed by atoms with Crippen molar-refractivity contribution in [3.63, 3.8) is 0 Å². The Morgan fingerprint density at radius 3 is 1.83 bits per heavy atom. The molecule has 0 bridgehead atoms. The van der Waals surface area contributed by atoms with Gasteiger partial charge >= 0.3 is 0 Å². The molecule has 0 unspecified atom stereocenters. The SMILES string of the molecule is COc1ccc(C(OC[C@@H]2C[C@@H](O)CN2C(=O)c2ccc(-c3ccc(/C=C/c4ccc([N+](=O)[O-])cc4[N+](=O)[O-])cc3)cc2)(c2ccccc2)c2ccc(OC)cc2)cc1. The molecule has 1 heterocycles. The van der Waals surface area contributed by atoms with Crippen molar-refractivity contribution >= 4 is 29.4 Å². The summed E-state index contributed by atoms with van der Waals surface area (Å²) in [6, 6.07) is 43.3. The fourth-order valence-corrected chi connectivity index (χ4v) is 7.48. The van der Waals surface area contributed by atoms with Crippen LogP contribution in [0.25, 0.3) is 23.3 Å². The van der Waals surface area contributed by atoms with Crippen LogP contribution in [0.15, 0.2) is 146 Å². The summed E-state index contributed by atoms with van der Waals surface area (Å²) in [5, 5.41) is 33.5. The first kappa shape index (κ1) is 40.1. The van der Waals surface area contributed by atoms with Crippen molar-refractivity contribution in [3.8, 4) is 22.6 Å². The van der Waals surface area contributed by atoms with Crippen LogP contribution in [0, 0.1) is 20.2 Å². The highest BCUT2D eigenvalue weighted by Crippen LogP contribution is 2.42. The zero-order valence-electron chi connectivity index (χ0n) is 32.3. The van der Waals surface area contributed by atoms with Crippen molar-refractivity contribution in [2.75, 3.05) is 27.4 Å². The van der Waals surface area contributed by atoms with Crippen molar-refractivity contribution in [1.82, 2.24) is 4.90 Å². The Morgan fingerprint density at radius 2 is 1.29 bits per heavy atom. The van der Waals surface area contributed by atoms with Gasteiger partial charge in [0.25, 0.3) is 17.3 Å². The van der Waals surface area contributed by atoms with Gasteiger partial charge in [-0.1, -0.05) is 97.1 Å². The Labute approximate surface area is 340 Å². The molecule has 0 aromatic heterocycles. The second-order valence-corrected chi connectivity index (χ2v) is 14.1. The highest BCUT2D eigenvalue weighted by Gasteiger charge is 2.41. The van der Waals surface area contributed by atoms with Gasteiger partial charge in [0.15, 0.2) is 0 Å². The molecule has 7 rings (SSSR count). The molecule has 12 heteroatoms. The summed E-state index contributed by atoms with van der Waals surface area (Å²) in [6.07, 6.45) is 2.87. The number of ether oxygens (including phenoxy) is 3. The minimum Gasteiger partial charge on any atom is -0.497 e. The van der Waals surface area contributed by atoms with Crippen molar-refractivity contribution in [2.24, 2.45) is 0 Å². The minimum absolute atomic E-state index is 0.131. The molecule has 0 spiro atoms. The smallest absolute Gasteiger partial charge is 0.283 e. The zero-order chi connectivity index (χ0) is 41.5. The predicted octanol–water partition coefficient (Wildman–Crippen LogP) is 8.94. The average molecular weight is 792 g/mol. The molecule has 1 aliphatic heterocycles. The maximum atomic E-state index is 14.1. The summed E-state index contributed by atoms with van der Waals surface area (Å²) < 4.78 is 18.0. The maximum absolute atomic E-state index is 14.1. The molecular weight excluding hydrogens is 751 g/mol. The molecule has 0 aliphatic carbocycles. The number of hydrogen-bond donors (Lipinski definition) is 1. The van der Waals surface area contributed by atoms with E-state index in [9.17, 15) is 30.1 Å². The maximum Gasteiger partial charge on any atom is 0.283 e. The van der Waals surface area contributed by atoms with Gasteiger partial charge in [-0.2, -0.15) is 0 Å². The summed E-state index contributed by atoms with van der Waals surface area (Å²) in [7, 11) is 3.24. The number of likely N-dealkylation sites (tertiary alicyclic amines) is 1. The number of nitrogens with zero attached hydrogens (tertiary/aromatic N) is 3. The molecule has 59 heavy (non-hydrogen) atoms. The molecule has 2 atom stereocenters. The summed E-state index contributed by atoms with van der Waals surface area (Å²) in [4.78, 5) is 37.1. The highest BCUT2D eigenvalue weighted by molar-refractivity contribution is 5.95. The molecular formula is C47H41N3O9. The van der Waals surface area contributed by atoms with Gasteiger partial charge in [-0.15, -0.1) is 0 Å². The number of aliphatic hydroxyl groups excluding tert-OH is 1. The lowest BCUT2D eigenvalue weighted by Gasteiger charge is -2.38. The number of nitro benzene ring substituents is 2. The van der Waals surface area contributed by atoms with E-state index in [1.165, 1.54) is 12.1 Å². The van der Waals surface area contributed by atoms with E-state index >= 15 is 0 Å². The third kappa shape index (κ3) is 8.59. The molecule has 298 valence electrons. The minimum atomic E-state index is -1.09. The van der Waals surface area contributed by atoms with Crippen LogP contribution in [0.1, 0.15) is 44.6 Å². The fourth-order valence-electron chi connectivity index (χ4n) is 7.48. The molecule has 1 amide bonds. The molecule has 1 saturated heterocycles. The van der Waals surface area contributed by atoms with Gasteiger partial charge in [0.1, 0.15) is 17.1 Å². The van der Waals surface area contributed by atoms with Crippen LogP contribution in [0.3, 0.4) is 0 Å². The van der Waals surface area contributed by atoms with E-state index in [1.807, 2.05) is 115 Å². The number of nitro groups is 2. The van der Waals surface area contributed by atoms with E-state index in [1.54, 1.807) is 43.4 Å². The normalized spacial score (nSPS) is 15.3. The number of β-amino-alcohol motifs (C(OH)–C–C–N with tert-alkyl or cyclic N) is 1. The van der Waals surface area contributed by atoms with Crippen LogP contribution >= 0.6 is 0 Å². The van der Waals surface area contributed by atoms with Crippen LogP contribution in [-0.4, -0.2) is 65.3 Å². The summed E-state index contributed by atoms with van der Waals surface area (Å²) in [5.74, 6) is 1.18. The monoisotopic (exact) mass is 791 g/mol. The number of benzene rings is 6. The number of hydrogen-bond acceptors (Lipinski definition) is 9. The van der Waals surface area contributed by atoms with Gasteiger partial charge < -0.3 is 24.2 Å². The first-order chi connectivity index (χ1) is 28.6. The zero-order valence-corrected chi connectivity index (χ0v) is 32.3. The Morgan fingerprint density at radius 1 is 0.729 bits per heavy atom. The third-order valence-corrected chi connectivity index (χ3v) is 10.6. The predicted molar refractivity (Wildman–Crippen MR) is 224 cm³/mol. The molecule has 1 N–H and O–H groups in total. The second kappa shape index (κ2) is 17.6. The number of aliphatic hydroxyl groups is 1. The van der Waals surface area contributed by atoms with Gasteiger partial charge in [0.2, 0.25) is 0 Å². The highest BCUT2D eigenvalue weighted by atomic mass is 16.6. The first-order valence-corrected chi connectivity index (χ1v) is 18.9. The van der Waals surface area contributed by atoms with Crippen LogP contribution in [0.5, 0.6) is 11.5 Å². The molecule has 0 saturated carbocycles. The molecule has 6 aromatic rings. The van der Waals surface area contributed by atoms with Gasteiger partial charge in [-0.05, 0) is 88.3 Å². The van der Waals surface area contributed by atoms with E-state index in [0.717, 1.165) is 39.4 Å². The van der Waals surface area contributed by atoms with Crippen LogP contribution < -0.4 is 9.47 Å². The molecule has 6 aromatic carbocycles. The van der Waals surface area contributed by atoms with Crippen molar-refractivity contribution in [2.45, 2.75) is 24.2 Å². The molecule has 12 nitrogen and oxygen atoms in total. The van der Waals surface area contributed by atoms with Crippen molar-refractivity contribution < 1.29 is 34.0 Å². The van der Waals surface area contributed by atoms with Crippen LogP contribution in [0.4, 0.5) is 11.4 Å². The Balaban J connectivity index is 1.10. The first-order valence-electron chi connectivity index (χ1n) is 18.9. The van der Waals surface area contributed by atoms with E-state index in [0.29, 0.717) is 23.5 Å². The largest absolute Gasteiger partial charge is 0.497 e. The molecule has 1 aliphatic rings. The number of methoxy groups -OCH3 is 2. The fraction of sp³-hybridized carbons (Fsp3) is 0.170. The number of non-ortho nitro benzene ring substituents is 1. The quantitative estimate of drug-likeness (QED) is 0.0493. The summed E-state index contributed by atoms with van der Waals surface area (Å²) in [6.45, 7) is 0.294. The number of carbonyl (C=O) groups excluding carboxylic acids is 1. The van der Waals surface area contributed by atoms with Gasteiger partial charge in [0, 0.05) is 18.2 Å². The topological polar surface area (TPSA) is 155 Å². The van der Waals surface area contributed by atoms with Gasteiger partial charge in [0.05, 0.1) is 54.4 Å². The lowest BCUT2D eigenvalue weighted by Crippen LogP contribution is -2.42.